The zero-order valence-corrected chi connectivity index (χ0v) is 18.1. The molecule has 164 valence electrons. The Hall–Kier alpha value is -1.71. The second kappa shape index (κ2) is 6.90. The van der Waals surface area contributed by atoms with Crippen LogP contribution in [0.25, 0.3) is 0 Å². The molecule has 30 heavy (non-hydrogen) atoms. The number of rotatable bonds is 2. The van der Waals surface area contributed by atoms with Gasteiger partial charge in [0.2, 0.25) is 0 Å². The summed E-state index contributed by atoms with van der Waals surface area (Å²) in [6.45, 7) is 0.777. The smallest absolute Gasteiger partial charge is 0.354 e. The molecule has 0 aromatic heterocycles. The summed E-state index contributed by atoms with van der Waals surface area (Å²) in [4.78, 5) is 37.3. The number of carbonyl (C=O) groups is 2. The third-order valence-electron chi connectivity index (χ3n) is 5.61. The molecule has 4 aliphatic rings. The Morgan fingerprint density at radius 1 is 1.07 bits per heavy atom. The minimum absolute atomic E-state index is 0.232. The van der Waals surface area contributed by atoms with E-state index in [-0.39, 0.29) is 5.69 Å². The first-order valence-electron chi connectivity index (χ1n) is 9.39. The maximum atomic E-state index is 13.0. The van der Waals surface area contributed by atoms with E-state index in [1.807, 2.05) is 0 Å². The van der Waals surface area contributed by atoms with Crippen molar-refractivity contribution in [1.82, 2.24) is 8.61 Å². The van der Waals surface area contributed by atoms with Crippen LogP contribution >= 0.6 is 19.3 Å². The second-order valence-corrected chi connectivity index (χ2v) is 15.0. The normalized spacial score (nSPS) is 33.8. The van der Waals surface area contributed by atoms with E-state index >= 15 is 0 Å². The van der Waals surface area contributed by atoms with Gasteiger partial charge in [0.1, 0.15) is 17.8 Å². The van der Waals surface area contributed by atoms with Crippen LogP contribution in [0.2, 0.25) is 0 Å². The number of fused-ring (bicyclic) bond motifs is 4. The zero-order chi connectivity index (χ0) is 21.3. The SMILES string of the molecule is Nc1ccc2cc1S1(SS(=O)(=O)O)N3CCCC3C(=O)ON2OC(=O)C2CCCN21. The van der Waals surface area contributed by atoms with Gasteiger partial charge in [-0.3, -0.25) is 4.55 Å². The first kappa shape index (κ1) is 20.2. The molecule has 0 spiro atoms. The van der Waals surface area contributed by atoms with Crippen molar-refractivity contribution in [3.8, 4) is 0 Å². The molecule has 2 unspecified atom stereocenters. The largest absolute Gasteiger partial charge is 0.398 e. The van der Waals surface area contributed by atoms with E-state index in [9.17, 15) is 22.6 Å². The summed E-state index contributed by atoms with van der Waals surface area (Å²) < 4.78 is 38.1. The first-order valence-corrected chi connectivity index (χ1v) is 14.2. The number of hydrogen-bond acceptors (Lipinski definition) is 11. The quantitative estimate of drug-likeness (QED) is 0.362. The van der Waals surface area contributed by atoms with Gasteiger partial charge in [0.25, 0.3) is 0 Å². The highest BCUT2D eigenvalue weighted by molar-refractivity contribution is 9.15. The van der Waals surface area contributed by atoms with Crippen molar-refractivity contribution < 1.29 is 32.2 Å². The molecule has 1 aromatic carbocycles. The molecule has 5 rings (SSSR count). The monoisotopic (exact) mass is 476 g/mol. The number of nitrogens with zero attached hydrogens (tertiary/aromatic N) is 3. The average molecular weight is 477 g/mol. The summed E-state index contributed by atoms with van der Waals surface area (Å²) in [6, 6.07) is 3.10. The fourth-order valence-electron chi connectivity index (χ4n) is 4.44. The molecule has 0 saturated carbocycles. The predicted octanol–water partition coefficient (Wildman–Crippen LogP) is 1.39. The van der Waals surface area contributed by atoms with Gasteiger partial charge in [0.15, 0.2) is 0 Å². The highest BCUT2D eigenvalue weighted by Crippen LogP contribution is 2.76. The summed E-state index contributed by atoms with van der Waals surface area (Å²) in [6.07, 6.45) is 2.12. The fraction of sp³-hybridized carbons (Fsp3) is 0.500. The van der Waals surface area contributed by atoms with Gasteiger partial charge < -0.3 is 15.4 Å². The minimum atomic E-state index is -4.60. The van der Waals surface area contributed by atoms with E-state index in [2.05, 4.69) is 0 Å². The Kier molecular flexibility index (Phi) is 4.65. The van der Waals surface area contributed by atoms with Crippen LogP contribution in [-0.2, 0) is 28.4 Å². The van der Waals surface area contributed by atoms with E-state index in [1.165, 1.54) is 6.07 Å². The van der Waals surface area contributed by atoms with Crippen molar-refractivity contribution >= 4 is 51.7 Å². The van der Waals surface area contributed by atoms with Gasteiger partial charge in [0.05, 0.1) is 14.7 Å². The molecule has 2 saturated heterocycles. The van der Waals surface area contributed by atoms with Crippen LogP contribution in [0.1, 0.15) is 25.7 Å². The zero-order valence-electron chi connectivity index (χ0n) is 15.7. The molecule has 2 fully saturated rings. The third-order valence-corrected chi connectivity index (χ3v) is 15.1. The van der Waals surface area contributed by atoms with Gasteiger partial charge in [-0.2, -0.15) is 8.42 Å². The van der Waals surface area contributed by atoms with Crippen molar-refractivity contribution in [3.05, 3.63) is 18.2 Å². The summed E-state index contributed by atoms with van der Waals surface area (Å²) >= 11 is 0. The van der Waals surface area contributed by atoms with Gasteiger partial charge in [0, 0.05) is 18.8 Å². The van der Waals surface area contributed by atoms with Crippen LogP contribution in [0, 0.1) is 0 Å². The molecule has 0 aliphatic carbocycles. The lowest BCUT2D eigenvalue weighted by molar-refractivity contribution is -0.179. The predicted molar refractivity (Wildman–Crippen MR) is 110 cm³/mol. The second-order valence-electron chi connectivity index (χ2n) is 7.39. The van der Waals surface area contributed by atoms with Gasteiger partial charge >= 0.3 is 21.1 Å². The third kappa shape index (κ3) is 2.97. The average Bonchev–Trinajstić information content (AvgIpc) is 3.34. The molecule has 11 nitrogen and oxygen atoms in total. The van der Waals surface area contributed by atoms with Crippen molar-refractivity contribution in [2.45, 2.75) is 42.7 Å². The summed E-state index contributed by atoms with van der Waals surface area (Å²) in [5, 5.41) is 0.791. The molecule has 1 aromatic rings. The van der Waals surface area contributed by atoms with Crippen LogP contribution in [0.5, 0.6) is 0 Å². The summed E-state index contributed by atoms with van der Waals surface area (Å²) in [5.74, 6) is -1.32. The molecular formula is C16H20N4O7S3. The number of hydrogen-bond donors (Lipinski definition) is 2. The Morgan fingerprint density at radius 2 is 1.63 bits per heavy atom. The maximum absolute atomic E-state index is 13.0. The van der Waals surface area contributed by atoms with E-state index in [0.717, 1.165) is 5.23 Å². The van der Waals surface area contributed by atoms with Crippen molar-refractivity contribution in [1.29, 1.82) is 0 Å². The lowest BCUT2D eigenvalue weighted by atomic mass is 10.2. The van der Waals surface area contributed by atoms with E-state index in [0.29, 0.717) is 59.2 Å². The van der Waals surface area contributed by atoms with Crippen molar-refractivity contribution in [3.63, 3.8) is 0 Å². The molecule has 4 heterocycles. The molecule has 3 N–H and O–H groups in total. The van der Waals surface area contributed by atoms with Crippen LogP contribution in [-0.4, -0.2) is 58.7 Å². The summed E-state index contributed by atoms with van der Waals surface area (Å²) in [7, 11) is -7.12. The van der Waals surface area contributed by atoms with Gasteiger partial charge in [-0.1, -0.05) is 0 Å². The number of nitrogens with two attached hydrogens (primary N) is 1. The Balaban J connectivity index is 1.88. The number of nitrogen functional groups attached to an aromatic ring is 1. The molecule has 14 heteroatoms. The Bertz CT molecular complexity index is 1000. The Morgan fingerprint density at radius 3 is 2.17 bits per heavy atom. The number of benzene rings is 1. The number of carbonyl (C=O) groups excluding carboxylic acids is 2. The van der Waals surface area contributed by atoms with E-state index in [4.69, 9.17) is 15.4 Å². The van der Waals surface area contributed by atoms with E-state index < -0.39 is 42.6 Å². The number of anilines is 2. The molecule has 4 bridgehead atoms. The van der Waals surface area contributed by atoms with Gasteiger partial charge in [-0.15, -0.1) is 0 Å². The van der Waals surface area contributed by atoms with Crippen molar-refractivity contribution in [2.24, 2.45) is 0 Å². The maximum Gasteiger partial charge on any atom is 0.354 e. The van der Waals surface area contributed by atoms with Crippen molar-refractivity contribution in [2.75, 3.05) is 24.0 Å². The van der Waals surface area contributed by atoms with E-state index in [1.54, 1.807) is 20.7 Å². The van der Waals surface area contributed by atoms with Crippen LogP contribution < -0.4 is 11.0 Å². The fourth-order valence-corrected chi connectivity index (χ4v) is 15.3. The highest BCUT2D eigenvalue weighted by atomic mass is 33.5. The highest BCUT2D eigenvalue weighted by Gasteiger charge is 2.57. The lowest BCUT2D eigenvalue weighted by Crippen LogP contribution is -2.51. The van der Waals surface area contributed by atoms with Gasteiger partial charge in [-0.05, 0) is 58.5 Å². The van der Waals surface area contributed by atoms with Crippen LogP contribution in [0.4, 0.5) is 11.4 Å². The molecular weight excluding hydrogens is 456 g/mol. The van der Waals surface area contributed by atoms with Crippen LogP contribution in [0.15, 0.2) is 23.1 Å². The lowest BCUT2D eigenvalue weighted by Gasteiger charge is -2.53. The molecule has 2 atom stereocenters. The van der Waals surface area contributed by atoms with Crippen LogP contribution in [0.3, 0.4) is 0 Å². The molecule has 4 aliphatic heterocycles. The molecule has 0 radical (unpaired) electrons. The standard InChI is InChI=1S/C16H20N4O7S3/c17-11-6-5-10-9-14(11)29(28-30(23,24)25)18-7-1-3-12(18)15(21)26-20(10)27-16(22)13-4-2-8-19(13)29/h5-6,9,12-13H,1-4,7-8,17H2,(H,23,24,25). The van der Waals surface area contributed by atoms with Gasteiger partial charge in [-0.25, -0.2) is 18.2 Å². The first-order chi connectivity index (χ1) is 14.2. The Labute approximate surface area is 177 Å². The molecule has 0 amide bonds. The minimum Gasteiger partial charge on any atom is -0.398 e. The topological polar surface area (TPSA) is 143 Å². The summed E-state index contributed by atoms with van der Waals surface area (Å²) in [5.41, 5.74) is 6.87.